The summed E-state index contributed by atoms with van der Waals surface area (Å²) in [5, 5.41) is 0. The fourth-order valence-electron chi connectivity index (χ4n) is 2.95. The Hall–Kier alpha value is -3.69. The van der Waals surface area contributed by atoms with Crippen LogP contribution < -0.4 is 15.6 Å². The number of hydrogen-bond donors (Lipinski definition) is 3. The number of amides is 2. The van der Waals surface area contributed by atoms with Crippen molar-refractivity contribution in [2.75, 3.05) is 0 Å². The highest BCUT2D eigenvalue weighted by Gasteiger charge is 2.15. The monoisotopic (exact) mass is 481 g/mol. The number of carbonyl (C=O) groups excluding carboxylic acids is 2. The molecule has 0 unspecified atom stereocenters. The summed E-state index contributed by atoms with van der Waals surface area (Å²) in [7, 11) is -3.70. The summed E-state index contributed by atoms with van der Waals surface area (Å²) in [6, 6.07) is 16.5. The van der Waals surface area contributed by atoms with Gasteiger partial charge in [-0.2, -0.15) is 0 Å². The van der Waals surface area contributed by atoms with Crippen LogP contribution in [0.2, 0.25) is 0 Å². The van der Waals surface area contributed by atoms with Gasteiger partial charge in [0.25, 0.3) is 11.8 Å². The van der Waals surface area contributed by atoms with Gasteiger partial charge in [-0.1, -0.05) is 45.0 Å². The second kappa shape index (κ2) is 10.5. The summed E-state index contributed by atoms with van der Waals surface area (Å²) in [6.07, 6.45) is 4.21. The van der Waals surface area contributed by atoms with E-state index in [1.807, 2.05) is 12.1 Å². The molecule has 0 aliphatic carbocycles. The van der Waals surface area contributed by atoms with Gasteiger partial charge in [0.15, 0.2) is 0 Å². The first kappa shape index (κ1) is 24.9. The summed E-state index contributed by atoms with van der Waals surface area (Å²) >= 11 is 0. The smallest absolute Gasteiger partial charge is 0.269 e. The Morgan fingerprint density at radius 2 is 1.62 bits per heavy atom. The Bertz CT molecular complexity index is 1260. The van der Waals surface area contributed by atoms with E-state index in [-0.39, 0.29) is 16.9 Å². The molecule has 0 saturated carbocycles. The number of nitrogens with one attached hydrogen (secondary N) is 3. The maximum absolute atomic E-state index is 12.4. The van der Waals surface area contributed by atoms with Gasteiger partial charge < -0.3 is 4.42 Å². The summed E-state index contributed by atoms with van der Waals surface area (Å²) in [5.74, 6) is -0.460. The molecule has 2 aromatic carbocycles. The summed E-state index contributed by atoms with van der Waals surface area (Å²) < 4.78 is 32.3. The van der Waals surface area contributed by atoms with Crippen molar-refractivity contribution < 1.29 is 22.4 Å². The minimum atomic E-state index is -3.70. The fraction of sp³-hybridized carbons (Fsp3) is 0.200. The lowest BCUT2D eigenvalue weighted by molar-refractivity contribution is -0.117. The molecule has 34 heavy (non-hydrogen) atoms. The van der Waals surface area contributed by atoms with Crippen LogP contribution in [0.3, 0.4) is 0 Å². The lowest BCUT2D eigenvalue weighted by Gasteiger charge is -2.19. The van der Waals surface area contributed by atoms with Gasteiger partial charge >= 0.3 is 0 Å². The number of hydrogen-bond acceptors (Lipinski definition) is 5. The van der Waals surface area contributed by atoms with Crippen LogP contribution in [0.4, 0.5) is 0 Å². The maximum Gasteiger partial charge on any atom is 0.269 e. The zero-order valence-corrected chi connectivity index (χ0v) is 20.0. The quantitative estimate of drug-likeness (QED) is 0.353. The van der Waals surface area contributed by atoms with Crippen molar-refractivity contribution in [2.45, 2.75) is 37.6 Å². The number of sulfonamides is 1. The molecule has 0 radical (unpaired) electrons. The summed E-state index contributed by atoms with van der Waals surface area (Å²) in [4.78, 5) is 24.3. The molecular weight excluding hydrogens is 454 g/mol. The van der Waals surface area contributed by atoms with E-state index in [0.717, 1.165) is 5.56 Å². The molecule has 3 rings (SSSR count). The van der Waals surface area contributed by atoms with E-state index in [4.69, 9.17) is 4.42 Å². The molecule has 2 amide bonds. The van der Waals surface area contributed by atoms with Gasteiger partial charge in [0.2, 0.25) is 10.0 Å². The Kier molecular flexibility index (Phi) is 7.70. The minimum Gasteiger partial charge on any atom is -0.468 e. The van der Waals surface area contributed by atoms with Crippen molar-refractivity contribution in [3.63, 3.8) is 0 Å². The Morgan fingerprint density at radius 3 is 2.21 bits per heavy atom. The molecule has 0 aliphatic heterocycles. The zero-order chi connectivity index (χ0) is 24.8. The molecule has 0 spiro atoms. The van der Waals surface area contributed by atoms with Gasteiger partial charge in [0, 0.05) is 11.6 Å². The normalized spacial score (nSPS) is 12.0. The molecular formula is C25H27N3O5S. The van der Waals surface area contributed by atoms with Crippen molar-refractivity contribution in [3.8, 4) is 0 Å². The van der Waals surface area contributed by atoms with Gasteiger partial charge in [-0.25, -0.2) is 13.1 Å². The van der Waals surface area contributed by atoms with E-state index >= 15 is 0 Å². The molecule has 3 aromatic rings. The van der Waals surface area contributed by atoms with Gasteiger partial charge in [0.1, 0.15) is 5.76 Å². The molecule has 8 nitrogen and oxygen atoms in total. The first-order chi connectivity index (χ1) is 16.0. The van der Waals surface area contributed by atoms with Crippen molar-refractivity contribution >= 4 is 27.9 Å². The molecule has 1 heterocycles. The van der Waals surface area contributed by atoms with E-state index in [1.165, 1.54) is 30.5 Å². The standard InChI is InChI=1S/C25H27N3O5S/c1-25(2,3)20-11-9-19(10-12-20)24(30)28-27-23(29)15-8-18-6-13-22(14-7-18)34(31,32)26-17-21-5-4-16-33-21/h4-16,26H,17H2,1-3H3,(H,27,29)(H,28,30)/b15-8+. The van der Waals surface area contributed by atoms with Crippen LogP contribution in [0.1, 0.15) is 48.0 Å². The van der Waals surface area contributed by atoms with Crippen molar-refractivity contribution in [3.05, 3.63) is 95.5 Å². The molecule has 1 aromatic heterocycles. The van der Waals surface area contributed by atoms with Crippen LogP contribution in [0.15, 0.2) is 82.3 Å². The van der Waals surface area contributed by atoms with Crippen molar-refractivity contribution in [1.29, 1.82) is 0 Å². The zero-order valence-electron chi connectivity index (χ0n) is 19.2. The minimum absolute atomic E-state index is 0.0210. The van der Waals surface area contributed by atoms with E-state index < -0.39 is 21.8 Å². The van der Waals surface area contributed by atoms with Gasteiger partial charge in [0.05, 0.1) is 17.7 Å². The number of hydrazine groups is 1. The molecule has 0 bridgehead atoms. The second-order valence-electron chi connectivity index (χ2n) is 8.58. The molecule has 3 N–H and O–H groups in total. The number of benzene rings is 2. The van der Waals surface area contributed by atoms with E-state index in [1.54, 1.807) is 36.4 Å². The average Bonchev–Trinajstić information content (AvgIpc) is 3.33. The largest absolute Gasteiger partial charge is 0.468 e. The van der Waals surface area contributed by atoms with Gasteiger partial charge in [-0.3, -0.25) is 20.4 Å². The number of furan rings is 1. The number of rotatable bonds is 7. The third-order valence-electron chi connectivity index (χ3n) is 4.95. The molecule has 178 valence electrons. The first-order valence-corrected chi connectivity index (χ1v) is 12.0. The van der Waals surface area contributed by atoms with Crippen molar-refractivity contribution in [1.82, 2.24) is 15.6 Å². The predicted molar refractivity (Wildman–Crippen MR) is 129 cm³/mol. The van der Waals surface area contributed by atoms with E-state index in [0.29, 0.717) is 16.9 Å². The Labute approximate surface area is 199 Å². The van der Waals surface area contributed by atoms with Crippen LogP contribution in [0, 0.1) is 0 Å². The van der Waals surface area contributed by atoms with Crippen LogP contribution in [0.5, 0.6) is 0 Å². The van der Waals surface area contributed by atoms with Crippen LogP contribution in [0.25, 0.3) is 6.08 Å². The highest BCUT2D eigenvalue weighted by Crippen LogP contribution is 2.22. The summed E-state index contributed by atoms with van der Waals surface area (Å²) in [5.41, 5.74) is 6.80. The Balaban J connectivity index is 1.51. The van der Waals surface area contributed by atoms with E-state index in [2.05, 4.69) is 36.3 Å². The molecule has 0 atom stereocenters. The fourth-order valence-corrected chi connectivity index (χ4v) is 3.94. The lowest BCUT2D eigenvalue weighted by atomic mass is 9.87. The third kappa shape index (κ3) is 6.90. The topological polar surface area (TPSA) is 118 Å². The van der Waals surface area contributed by atoms with Crippen LogP contribution >= 0.6 is 0 Å². The average molecular weight is 482 g/mol. The second-order valence-corrected chi connectivity index (χ2v) is 10.3. The van der Waals surface area contributed by atoms with Gasteiger partial charge in [-0.05, 0) is 59.0 Å². The SMILES string of the molecule is CC(C)(C)c1ccc(C(=O)NNC(=O)/C=C/c2ccc(S(=O)(=O)NCc3ccco3)cc2)cc1. The molecule has 0 saturated heterocycles. The van der Waals surface area contributed by atoms with Crippen molar-refractivity contribution in [2.24, 2.45) is 0 Å². The lowest BCUT2D eigenvalue weighted by Crippen LogP contribution is -2.40. The Morgan fingerprint density at radius 1 is 0.941 bits per heavy atom. The van der Waals surface area contributed by atoms with Crippen LogP contribution in [-0.2, 0) is 26.8 Å². The highest BCUT2D eigenvalue weighted by atomic mass is 32.2. The molecule has 0 fully saturated rings. The summed E-state index contributed by atoms with van der Waals surface area (Å²) in [6.45, 7) is 6.30. The van der Waals surface area contributed by atoms with E-state index in [9.17, 15) is 18.0 Å². The third-order valence-corrected chi connectivity index (χ3v) is 6.36. The van der Waals surface area contributed by atoms with Crippen LogP contribution in [-0.4, -0.2) is 20.2 Å². The maximum atomic E-state index is 12.4. The molecule has 0 aliphatic rings. The highest BCUT2D eigenvalue weighted by molar-refractivity contribution is 7.89. The predicted octanol–water partition coefficient (Wildman–Crippen LogP) is 3.53. The van der Waals surface area contributed by atoms with Gasteiger partial charge in [-0.15, -0.1) is 0 Å². The molecule has 9 heteroatoms. The first-order valence-electron chi connectivity index (χ1n) is 10.6. The number of carbonyl (C=O) groups is 2.